The van der Waals surface area contributed by atoms with E-state index in [2.05, 4.69) is 22.8 Å². The number of halogens is 1. The first kappa shape index (κ1) is 15.8. The first-order valence-electron chi connectivity index (χ1n) is 7.71. The van der Waals surface area contributed by atoms with Gasteiger partial charge in [-0.2, -0.15) is 0 Å². The largest absolute Gasteiger partial charge is 0.329 e. The van der Waals surface area contributed by atoms with Gasteiger partial charge in [0.25, 0.3) is 0 Å². The van der Waals surface area contributed by atoms with Gasteiger partial charge in [0, 0.05) is 18.1 Å². The van der Waals surface area contributed by atoms with Crippen LogP contribution < -0.4 is 16.4 Å². The fraction of sp³-hybridized carbons (Fsp3) is 0.625. The van der Waals surface area contributed by atoms with Gasteiger partial charge in [-0.3, -0.25) is 0 Å². The normalized spacial score (nSPS) is 16.5. The standard InChI is InChI=1S/C16H26ClN3/c17-15-4-3-13(2-1-8-19-11-7-18)16(12-15)14-5-9-20-10-6-14/h3-4,12,14,19-20H,1-2,5-11,18H2. The van der Waals surface area contributed by atoms with Gasteiger partial charge in [-0.1, -0.05) is 17.7 Å². The van der Waals surface area contributed by atoms with Gasteiger partial charge in [-0.05, 0) is 74.5 Å². The summed E-state index contributed by atoms with van der Waals surface area (Å²) in [5, 5.41) is 7.65. The molecule has 20 heavy (non-hydrogen) atoms. The molecule has 4 N–H and O–H groups in total. The molecular formula is C16H26ClN3. The first-order chi connectivity index (χ1) is 9.81. The van der Waals surface area contributed by atoms with Crippen LogP contribution in [0, 0.1) is 0 Å². The van der Waals surface area contributed by atoms with Crippen molar-refractivity contribution in [3.63, 3.8) is 0 Å². The first-order valence-corrected chi connectivity index (χ1v) is 8.09. The van der Waals surface area contributed by atoms with E-state index in [1.807, 2.05) is 6.07 Å². The molecule has 0 aliphatic carbocycles. The SMILES string of the molecule is NCCNCCCc1ccc(Cl)cc1C1CCNCC1. The molecule has 0 bridgehead atoms. The van der Waals surface area contributed by atoms with Crippen LogP contribution in [0.1, 0.15) is 36.3 Å². The zero-order valence-electron chi connectivity index (χ0n) is 12.1. The van der Waals surface area contributed by atoms with Crippen molar-refractivity contribution in [1.82, 2.24) is 10.6 Å². The molecular weight excluding hydrogens is 270 g/mol. The molecule has 0 atom stereocenters. The molecule has 0 amide bonds. The lowest BCUT2D eigenvalue weighted by atomic mass is 9.86. The highest BCUT2D eigenvalue weighted by Crippen LogP contribution is 2.30. The van der Waals surface area contributed by atoms with Crippen molar-refractivity contribution in [2.75, 3.05) is 32.7 Å². The number of nitrogens with one attached hydrogen (secondary N) is 2. The Kier molecular flexibility index (Phi) is 6.80. The quantitative estimate of drug-likeness (QED) is 0.677. The van der Waals surface area contributed by atoms with E-state index < -0.39 is 0 Å². The molecule has 2 rings (SSSR count). The molecule has 4 heteroatoms. The second-order valence-electron chi connectivity index (χ2n) is 5.51. The monoisotopic (exact) mass is 295 g/mol. The Balaban J connectivity index is 1.96. The summed E-state index contributed by atoms with van der Waals surface area (Å²) in [7, 11) is 0. The zero-order valence-corrected chi connectivity index (χ0v) is 12.9. The summed E-state index contributed by atoms with van der Waals surface area (Å²) in [6.45, 7) is 4.89. The van der Waals surface area contributed by atoms with Crippen molar-refractivity contribution in [3.8, 4) is 0 Å². The molecule has 112 valence electrons. The van der Waals surface area contributed by atoms with Crippen LogP contribution in [0.2, 0.25) is 5.02 Å². The van der Waals surface area contributed by atoms with E-state index in [4.69, 9.17) is 17.3 Å². The van der Waals surface area contributed by atoms with E-state index in [-0.39, 0.29) is 0 Å². The molecule has 1 saturated heterocycles. The fourth-order valence-corrected chi connectivity index (χ4v) is 3.12. The maximum atomic E-state index is 6.20. The van der Waals surface area contributed by atoms with Crippen LogP contribution in [0.25, 0.3) is 0 Å². The van der Waals surface area contributed by atoms with Gasteiger partial charge in [0.05, 0.1) is 0 Å². The summed E-state index contributed by atoms with van der Waals surface area (Å²) in [6, 6.07) is 6.41. The number of rotatable bonds is 7. The van der Waals surface area contributed by atoms with Crippen LogP contribution in [0.3, 0.4) is 0 Å². The molecule has 0 unspecified atom stereocenters. The highest BCUT2D eigenvalue weighted by atomic mass is 35.5. The van der Waals surface area contributed by atoms with Crippen molar-refractivity contribution in [3.05, 3.63) is 34.3 Å². The molecule has 1 heterocycles. The predicted octanol–water partition coefficient (Wildman–Crippen LogP) is 2.29. The average Bonchev–Trinajstić information content (AvgIpc) is 2.49. The van der Waals surface area contributed by atoms with Gasteiger partial charge >= 0.3 is 0 Å². The highest BCUT2D eigenvalue weighted by Gasteiger charge is 2.18. The fourth-order valence-electron chi connectivity index (χ4n) is 2.94. The third-order valence-corrected chi connectivity index (χ3v) is 4.24. The predicted molar refractivity (Wildman–Crippen MR) is 86.5 cm³/mol. The molecule has 0 radical (unpaired) electrons. The molecule has 1 aliphatic rings. The van der Waals surface area contributed by atoms with Crippen molar-refractivity contribution >= 4 is 11.6 Å². The van der Waals surface area contributed by atoms with Gasteiger partial charge in [0.2, 0.25) is 0 Å². The Bertz CT molecular complexity index is 403. The third-order valence-electron chi connectivity index (χ3n) is 4.01. The number of nitrogens with two attached hydrogens (primary N) is 1. The lowest BCUT2D eigenvalue weighted by Crippen LogP contribution is -2.27. The van der Waals surface area contributed by atoms with Crippen LogP contribution in [0.5, 0.6) is 0 Å². The van der Waals surface area contributed by atoms with Gasteiger partial charge in [0.1, 0.15) is 0 Å². The summed E-state index contributed by atoms with van der Waals surface area (Å²) in [5.41, 5.74) is 8.42. The van der Waals surface area contributed by atoms with Crippen LogP contribution >= 0.6 is 11.6 Å². The average molecular weight is 296 g/mol. The third kappa shape index (κ3) is 4.74. The van der Waals surface area contributed by atoms with Gasteiger partial charge in [-0.25, -0.2) is 0 Å². The number of hydrogen-bond acceptors (Lipinski definition) is 3. The van der Waals surface area contributed by atoms with E-state index in [9.17, 15) is 0 Å². The van der Waals surface area contributed by atoms with E-state index in [0.29, 0.717) is 12.5 Å². The van der Waals surface area contributed by atoms with E-state index in [1.165, 1.54) is 24.0 Å². The van der Waals surface area contributed by atoms with Crippen molar-refractivity contribution in [2.24, 2.45) is 5.73 Å². The molecule has 0 spiro atoms. The minimum Gasteiger partial charge on any atom is -0.329 e. The van der Waals surface area contributed by atoms with Gasteiger partial charge in [-0.15, -0.1) is 0 Å². The van der Waals surface area contributed by atoms with E-state index >= 15 is 0 Å². The van der Waals surface area contributed by atoms with E-state index in [0.717, 1.165) is 44.0 Å². The van der Waals surface area contributed by atoms with Gasteiger partial charge in [0.15, 0.2) is 0 Å². The second-order valence-corrected chi connectivity index (χ2v) is 5.95. The molecule has 1 aromatic carbocycles. The number of piperidine rings is 1. The number of aryl methyl sites for hydroxylation is 1. The smallest absolute Gasteiger partial charge is 0.0409 e. The molecule has 1 fully saturated rings. The lowest BCUT2D eigenvalue weighted by molar-refractivity contribution is 0.458. The molecule has 0 aromatic heterocycles. The highest BCUT2D eigenvalue weighted by molar-refractivity contribution is 6.30. The number of hydrogen-bond donors (Lipinski definition) is 3. The van der Waals surface area contributed by atoms with Crippen molar-refractivity contribution in [1.29, 1.82) is 0 Å². The van der Waals surface area contributed by atoms with Crippen molar-refractivity contribution < 1.29 is 0 Å². The summed E-state index contributed by atoms with van der Waals surface area (Å²) in [4.78, 5) is 0. The van der Waals surface area contributed by atoms with Crippen LogP contribution in [0.4, 0.5) is 0 Å². The minimum atomic E-state index is 0.668. The Morgan fingerprint density at radius 2 is 2.05 bits per heavy atom. The van der Waals surface area contributed by atoms with Gasteiger partial charge < -0.3 is 16.4 Å². The Hall–Kier alpha value is -0.610. The van der Waals surface area contributed by atoms with Crippen LogP contribution in [0.15, 0.2) is 18.2 Å². The van der Waals surface area contributed by atoms with E-state index in [1.54, 1.807) is 0 Å². The zero-order chi connectivity index (χ0) is 14.2. The summed E-state index contributed by atoms with van der Waals surface area (Å²) in [6.07, 6.45) is 4.71. The maximum absolute atomic E-state index is 6.20. The molecule has 1 aliphatic heterocycles. The number of benzene rings is 1. The van der Waals surface area contributed by atoms with Crippen LogP contribution in [-0.2, 0) is 6.42 Å². The minimum absolute atomic E-state index is 0.668. The summed E-state index contributed by atoms with van der Waals surface area (Å²) >= 11 is 6.20. The molecule has 0 saturated carbocycles. The maximum Gasteiger partial charge on any atom is 0.0409 e. The Labute approximate surface area is 127 Å². The lowest BCUT2D eigenvalue weighted by Gasteiger charge is -2.25. The Morgan fingerprint density at radius 3 is 2.80 bits per heavy atom. The van der Waals surface area contributed by atoms with Crippen LogP contribution in [-0.4, -0.2) is 32.7 Å². The topological polar surface area (TPSA) is 50.1 Å². The Morgan fingerprint density at radius 1 is 1.25 bits per heavy atom. The van der Waals surface area contributed by atoms with Crippen molar-refractivity contribution in [2.45, 2.75) is 31.6 Å². The molecule has 1 aromatic rings. The summed E-state index contributed by atoms with van der Waals surface area (Å²) in [5.74, 6) is 0.668. The summed E-state index contributed by atoms with van der Waals surface area (Å²) < 4.78 is 0. The second kappa shape index (κ2) is 8.63. The molecule has 3 nitrogen and oxygen atoms in total.